The molecule has 0 spiro atoms. The lowest BCUT2D eigenvalue weighted by atomic mass is 9.96. The van der Waals surface area contributed by atoms with Crippen LogP contribution in [0.3, 0.4) is 0 Å². The number of nitrogens with zero attached hydrogens (tertiary/aromatic N) is 2. The summed E-state index contributed by atoms with van der Waals surface area (Å²) in [4.78, 5) is 5.22. The highest BCUT2D eigenvalue weighted by Crippen LogP contribution is 2.57. The van der Waals surface area contributed by atoms with Crippen molar-refractivity contribution in [2.45, 2.75) is 31.0 Å². The topological polar surface area (TPSA) is 6.48 Å². The van der Waals surface area contributed by atoms with Crippen LogP contribution in [0.4, 0.5) is 0 Å². The Labute approximate surface area is 139 Å². The van der Waals surface area contributed by atoms with E-state index >= 15 is 0 Å². The Kier molecular flexibility index (Phi) is 3.74. The Morgan fingerprint density at radius 1 is 0.957 bits per heavy atom. The molecule has 120 valence electrons. The minimum atomic E-state index is 0.393. The van der Waals surface area contributed by atoms with Crippen molar-refractivity contribution in [2.24, 2.45) is 5.92 Å². The lowest BCUT2D eigenvalue weighted by Gasteiger charge is -2.36. The molecule has 0 bridgehead atoms. The molecule has 0 N–H and O–H groups in total. The summed E-state index contributed by atoms with van der Waals surface area (Å²) in [6.07, 6.45) is 2.52. The van der Waals surface area contributed by atoms with Gasteiger partial charge in [-0.15, -0.1) is 0 Å². The van der Waals surface area contributed by atoms with Gasteiger partial charge in [-0.05, 0) is 44.0 Å². The van der Waals surface area contributed by atoms with Gasteiger partial charge in [0.15, 0.2) is 0 Å². The van der Waals surface area contributed by atoms with E-state index in [0.717, 1.165) is 18.9 Å². The maximum absolute atomic E-state index is 2.72. The molecule has 2 fully saturated rings. The monoisotopic (exact) mass is 306 g/mol. The number of rotatable bonds is 5. The molecule has 4 rings (SSSR count). The maximum Gasteiger partial charge on any atom is 0.0406 e. The van der Waals surface area contributed by atoms with Gasteiger partial charge in [0.25, 0.3) is 0 Å². The fourth-order valence-corrected chi connectivity index (χ4v) is 4.67. The number of likely N-dealkylation sites (tertiary alicyclic amines) is 1. The molecule has 23 heavy (non-hydrogen) atoms. The van der Waals surface area contributed by atoms with Crippen molar-refractivity contribution in [3.63, 3.8) is 0 Å². The molecule has 0 amide bonds. The molecule has 2 nitrogen and oxygen atoms in total. The minimum absolute atomic E-state index is 0.393. The highest BCUT2D eigenvalue weighted by molar-refractivity contribution is 5.28. The van der Waals surface area contributed by atoms with Gasteiger partial charge in [-0.1, -0.05) is 60.7 Å². The Morgan fingerprint density at radius 2 is 1.57 bits per heavy atom. The van der Waals surface area contributed by atoms with Crippen LogP contribution in [0.2, 0.25) is 0 Å². The average molecular weight is 306 g/mol. The third kappa shape index (κ3) is 2.60. The van der Waals surface area contributed by atoms with E-state index in [0.29, 0.717) is 11.6 Å². The second kappa shape index (κ2) is 5.77. The van der Waals surface area contributed by atoms with E-state index in [1.807, 2.05) is 0 Å². The fourth-order valence-electron chi connectivity index (χ4n) is 4.67. The van der Waals surface area contributed by atoms with Crippen LogP contribution in [0.1, 0.15) is 17.5 Å². The van der Waals surface area contributed by atoms with Crippen LogP contribution >= 0.6 is 0 Å². The van der Waals surface area contributed by atoms with Crippen LogP contribution in [0, 0.1) is 5.92 Å². The highest BCUT2D eigenvalue weighted by Gasteiger charge is 2.66. The normalized spacial score (nSPS) is 29.7. The molecule has 1 aliphatic heterocycles. The summed E-state index contributed by atoms with van der Waals surface area (Å²) in [5, 5.41) is 0. The van der Waals surface area contributed by atoms with E-state index in [1.165, 1.54) is 24.1 Å². The number of hydrogen-bond acceptors (Lipinski definition) is 2. The van der Waals surface area contributed by atoms with Crippen LogP contribution in [-0.4, -0.2) is 42.0 Å². The molecule has 2 aromatic carbocycles. The third-order valence-corrected chi connectivity index (χ3v) is 5.93. The zero-order valence-corrected chi connectivity index (χ0v) is 14.2. The van der Waals surface area contributed by atoms with E-state index < -0.39 is 0 Å². The van der Waals surface area contributed by atoms with Crippen LogP contribution in [0.25, 0.3) is 0 Å². The van der Waals surface area contributed by atoms with Crippen LogP contribution in [0.15, 0.2) is 60.7 Å². The summed E-state index contributed by atoms with van der Waals surface area (Å²) in [5.74, 6) is 0.843. The summed E-state index contributed by atoms with van der Waals surface area (Å²) in [6.45, 7) is 2.31. The van der Waals surface area contributed by atoms with Gasteiger partial charge in [0, 0.05) is 24.7 Å². The van der Waals surface area contributed by atoms with Gasteiger partial charge in [-0.3, -0.25) is 4.90 Å². The second-order valence-electron chi connectivity index (χ2n) is 7.41. The molecular weight excluding hydrogens is 280 g/mol. The molecular formula is C21H26N2. The van der Waals surface area contributed by atoms with E-state index in [4.69, 9.17) is 0 Å². The SMILES string of the molecule is CN(C)[C@]12C[C@H]1CN(Cc1ccccc1)[C@H]2Cc1ccccc1. The molecule has 1 aliphatic carbocycles. The van der Waals surface area contributed by atoms with E-state index in [-0.39, 0.29) is 0 Å². The smallest absolute Gasteiger partial charge is 0.0406 e. The van der Waals surface area contributed by atoms with Gasteiger partial charge < -0.3 is 4.90 Å². The molecule has 1 heterocycles. The average Bonchev–Trinajstić information content (AvgIpc) is 3.22. The molecule has 0 unspecified atom stereocenters. The van der Waals surface area contributed by atoms with Crippen LogP contribution < -0.4 is 0 Å². The Bertz CT molecular complexity index is 652. The van der Waals surface area contributed by atoms with E-state index in [2.05, 4.69) is 84.6 Å². The van der Waals surface area contributed by atoms with Gasteiger partial charge >= 0.3 is 0 Å². The maximum atomic E-state index is 2.72. The zero-order valence-electron chi connectivity index (χ0n) is 14.2. The highest BCUT2D eigenvalue weighted by atomic mass is 15.3. The first-order chi connectivity index (χ1) is 11.2. The van der Waals surface area contributed by atoms with Gasteiger partial charge in [0.1, 0.15) is 0 Å². The summed E-state index contributed by atoms with van der Waals surface area (Å²) in [6, 6.07) is 22.5. The number of benzene rings is 2. The van der Waals surface area contributed by atoms with Gasteiger partial charge in [0.2, 0.25) is 0 Å². The van der Waals surface area contributed by atoms with E-state index in [9.17, 15) is 0 Å². The molecule has 1 saturated carbocycles. The standard InChI is InChI=1S/C21H26N2/c1-22(2)21-14-19(21)16-23(15-18-11-7-4-8-12-18)20(21)13-17-9-5-3-6-10-17/h3-12,19-20H,13-16H2,1-2H3/t19-,20-,21+/m0/s1. The lowest BCUT2D eigenvalue weighted by molar-refractivity contribution is 0.133. The Hall–Kier alpha value is -1.64. The van der Waals surface area contributed by atoms with Crippen LogP contribution in [-0.2, 0) is 13.0 Å². The summed E-state index contributed by atoms with van der Waals surface area (Å²) >= 11 is 0. The molecule has 1 saturated heterocycles. The molecule has 2 aromatic rings. The van der Waals surface area contributed by atoms with Crippen molar-refractivity contribution in [3.8, 4) is 0 Å². The van der Waals surface area contributed by atoms with Crippen molar-refractivity contribution in [1.29, 1.82) is 0 Å². The van der Waals surface area contributed by atoms with Crippen molar-refractivity contribution in [3.05, 3.63) is 71.8 Å². The van der Waals surface area contributed by atoms with Gasteiger partial charge in [0.05, 0.1) is 0 Å². The van der Waals surface area contributed by atoms with Gasteiger partial charge in [-0.2, -0.15) is 0 Å². The summed E-state index contributed by atoms with van der Waals surface area (Å²) in [7, 11) is 4.54. The minimum Gasteiger partial charge on any atom is -0.302 e. The first-order valence-electron chi connectivity index (χ1n) is 8.69. The number of fused-ring (bicyclic) bond motifs is 1. The number of piperidine rings is 1. The summed E-state index contributed by atoms with van der Waals surface area (Å²) < 4.78 is 0. The summed E-state index contributed by atoms with van der Waals surface area (Å²) in [5.41, 5.74) is 3.29. The zero-order chi connectivity index (χ0) is 15.9. The molecule has 0 aromatic heterocycles. The van der Waals surface area contributed by atoms with E-state index in [1.54, 1.807) is 0 Å². The number of hydrogen-bond donors (Lipinski definition) is 0. The fraction of sp³-hybridized carbons (Fsp3) is 0.429. The predicted molar refractivity (Wildman–Crippen MR) is 95.3 cm³/mol. The Morgan fingerprint density at radius 3 is 2.17 bits per heavy atom. The first kappa shape index (κ1) is 14.9. The van der Waals surface area contributed by atoms with Crippen molar-refractivity contribution < 1.29 is 0 Å². The molecule has 3 atom stereocenters. The largest absolute Gasteiger partial charge is 0.302 e. The molecule has 0 radical (unpaired) electrons. The molecule has 2 aliphatic rings. The van der Waals surface area contributed by atoms with Crippen molar-refractivity contribution >= 4 is 0 Å². The van der Waals surface area contributed by atoms with Crippen molar-refractivity contribution in [1.82, 2.24) is 9.80 Å². The number of likely N-dealkylation sites (N-methyl/N-ethyl adjacent to an activating group) is 1. The predicted octanol–water partition coefficient (Wildman–Crippen LogP) is 3.43. The third-order valence-electron chi connectivity index (χ3n) is 5.93. The quantitative estimate of drug-likeness (QED) is 0.835. The second-order valence-corrected chi connectivity index (χ2v) is 7.41. The lowest BCUT2D eigenvalue weighted by Crippen LogP contribution is -2.48. The van der Waals surface area contributed by atoms with Gasteiger partial charge in [-0.25, -0.2) is 0 Å². The van der Waals surface area contributed by atoms with Crippen molar-refractivity contribution in [2.75, 3.05) is 20.6 Å². The van der Waals surface area contributed by atoms with Crippen LogP contribution in [0.5, 0.6) is 0 Å². The Balaban J connectivity index is 1.59. The first-order valence-corrected chi connectivity index (χ1v) is 8.69. The molecule has 2 heteroatoms.